The largest absolute Gasteiger partial charge is 0.495 e. The van der Waals surface area contributed by atoms with Gasteiger partial charge in [0.15, 0.2) is 0 Å². The molecule has 8 nitrogen and oxygen atoms in total. The maximum absolute atomic E-state index is 6.15. The van der Waals surface area contributed by atoms with Gasteiger partial charge in [-0.15, -0.1) is 0 Å². The van der Waals surface area contributed by atoms with Crippen LogP contribution in [-0.2, 0) is 33.2 Å². The molecule has 4 heterocycles. The van der Waals surface area contributed by atoms with E-state index in [2.05, 4.69) is 72.9 Å². The minimum Gasteiger partial charge on any atom is -0.495 e. The van der Waals surface area contributed by atoms with Crippen molar-refractivity contribution in [1.29, 1.82) is 0 Å². The number of ether oxygens (including phenoxy) is 8. The van der Waals surface area contributed by atoms with Crippen LogP contribution in [0.2, 0.25) is 0 Å². The molecule has 0 saturated carbocycles. The van der Waals surface area contributed by atoms with E-state index in [1.807, 2.05) is 0 Å². The summed E-state index contributed by atoms with van der Waals surface area (Å²) in [6, 6.07) is 8.74. The first kappa shape index (κ1) is 30.2. The van der Waals surface area contributed by atoms with E-state index in [1.54, 1.807) is 0 Å². The average molecular weight is 629 g/mol. The highest BCUT2D eigenvalue weighted by molar-refractivity contribution is 5.43. The molecule has 4 saturated heterocycles. The Morgan fingerprint density at radius 3 is 1.98 bits per heavy atom. The van der Waals surface area contributed by atoms with E-state index in [-0.39, 0.29) is 48.3 Å². The molecule has 0 bridgehead atoms. The number of rotatable bonds is 17. The summed E-state index contributed by atoms with van der Waals surface area (Å²) >= 11 is 0. The van der Waals surface area contributed by atoms with Crippen molar-refractivity contribution in [3.05, 3.63) is 101 Å². The Morgan fingerprint density at radius 2 is 1.37 bits per heavy atom. The van der Waals surface area contributed by atoms with Crippen LogP contribution in [-0.4, -0.2) is 83.4 Å². The lowest BCUT2D eigenvalue weighted by atomic mass is 9.67. The summed E-state index contributed by atoms with van der Waals surface area (Å²) in [5, 5.41) is 0. The van der Waals surface area contributed by atoms with Gasteiger partial charge >= 0.3 is 0 Å². The summed E-state index contributed by atoms with van der Waals surface area (Å²) in [5.74, 6) is 3.53. The number of allylic oxidation sites excluding steroid dienone is 9. The maximum Gasteiger partial charge on any atom is 0.119 e. The first-order valence-corrected chi connectivity index (χ1v) is 17.0. The molecule has 8 unspecified atom stereocenters. The fourth-order valence-corrected chi connectivity index (χ4v) is 6.57. The van der Waals surface area contributed by atoms with Crippen molar-refractivity contribution < 1.29 is 37.9 Å². The van der Waals surface area contributed by atoms with Gasteiger partial charge in [-0.3, -0.25) is 0 Å². The standard InChI is InChI=1S/C38H44O8/c1-9-29(39-17-33-21-43-33)10-2-25(1)37(26-3-11-30(12-4-26)40-18-34-22-44-34)38(27-5-13-31(14-6-27)41-19-35-23-45-35)28-7-15-32(16-8-28)42-20-36-24-46-36/h1-3,5-7,9-13,15,26,31,33-38H,4,8,14,16-24H2. The highest BCUT2D eigenvalue weighted by Gasteiger charge is 2.36. The van der Waals surface area contributed by atoms with E-state index in [4.69, 9.17) is 37.9 Å². The SMILES string of the molecule is C1=CC(C(c2ccc(OCC3CO3)cc2)C(C2=CCC(OCC3CO3)C=C2)C2=CC=C(OCC3CO3)CC2)CC=C1OCC1CO1. The van der Waals surface area contributed by atoms with Crippen molar-refractivity contribution in [2.24, 2.45) is 11.8 Å². The van der Waals surface area contributed by atoms with Crippen LogP contribution in [0.5, 0.6) is 5.75 Å². The van der Waals surface area contributed by atoms with Crippen LogP contribution in [0.15, 0.2) is 95.5 Å². The summed E-state index contributed by atoms with van der Waals surface area (Å²) < 4.78 is 45.7. The fourth-order valence-electron chi connectivity index (χ4n) is 6.57. The van der Waals surface area contributed by atoms with Gasteiger partial charge < -0.3 is 37.9 Å². The Balaban J connectivity index is 1.07. The third-order valence-electron chi connectivity index (χ3n) is 9.61. The van der Waals surface area contributed by atoms with E-state index >= 15 is 0 Å². The molecule has 0 amide bonds. The number of epoxide rings is 4. The third-order valence-corrected chi connectivity index (χ3v) is 9.61. The minimum absolute atomic E-state index is 0.0801. The molecule has 0 aromatic heterocycles. The Morgan fingerprint density at radius 1 is 0.674 bits per heavy atom. The van der Waals surface area contributed by atoms with Gasteiger partial charge in [0.1, 0.15) is 55.7 Å². The Hall–Kier alpha value is -3.14. The molecule has 46 heavy (non-hydrogen) atoms. The lowest BCUT2D eigenvalue weighted by Gasteiger charge is -2.38. The van der Waals surface area contributed by atoms with Crippen LogP contribution in [0.4, 0.5) is 0 Å². The van der Waals surface area contributed by atoms with Gasteiger partial charge in [-0.25, -0.2) is 0 Å². The molecular formula is C38H44O8. The first-order chi connectivity index (χ1) is 22.7. The first-order valence-electron chi connectivity index (χ1n) is 17.0. The van der Waals surface area contributed by atoms with Crippen LogP contribution >= 0.6 is 0 Å². The Kier molecular flexibility index (Phi) is 9.14. The highest BCUT2D eigenvalue weighted by atomic mass is 16.6. The quantitative estimate of drug-likeness (QED) is 0.202. The normalized spacial score (nSPS) is 31.9. The predicted octanol–water partition coefficient (Wildman–Crippen LogP) is 5.73. The number of hydrogen-bond acceptors (Lipinski definition) is 8. The summed E-state index contributed by atoms with van der Waals surface area (Å²) in [6.45, 7) is 5.71. The highest BCUT2D eigenvalue weighted by Crippen LogP contribution is 2.47. The van der Waals surface area contributed by atoms with Crippen LogP contribution < -0.4 is 4.74 Å². The van der Waals surface area contributed by atoms with Gasteiger partial charge in [-0.05, 0) is 66.7 Å². The Labute approximate surface area is 271 Å². The topological polar surface area (TPSA) is 87.0 Å². The van der Waals surface area contributed by atoms with Crippen molar-refractivity contribution >= 4 is 0 Å². The molecule has 4 aliphatic heterocycles. The molecule has 8 atom stereocenters. The zero-order valence-corrected chi connectivity index (χ0v) is 26.3. The second-order valence-electron chi connectivity index (χ2n) is 13.2. The monoisotopic (exact) mass is 628 g/mol. The summed E-state index contributed by atoms with van der Waals surface area (Å²) in [5.41, 5.74) is 4.08. The number of benzene rings is 1. The van der Waals surface area contributed by atoms with Crippen molar-refractivity contribution in [3.8, 4) is 5.75 Å². The molecule has 0 radical (unpaired) electrons. The molecule has 0 N–H and O–H groups in total. The molecule has 7 aliphatic rings. The average Bonchev–Trinajstić information content (AvgIpc) is 3.91. The molecular weight excluding hydrogens is 584 g/mol. The van der Waals surface area contributed by atoms with Gasteiger partial charge in [0.2, 0.25) is 0 Å². The molecule has 3 aliphatic carbocycles. The lowest BCUT2D eigenvalue weighted by molar-refractivity contribution is 0.0728. The second-order valence-corrected chi connectivity index (χ2v) is 13.2. The molecule has 1 aromatic rings. The molecule has 244 valence electrons. The van der Waals surface area contributed by atoms with Gasteiger partial charge in [0, 0.05) is 18.3 Å². The molecule has 4 fully saturated rings. The predicted molar refractivity (Wildman–Crippen MR) is 171 cm³/mol. The van der Waals surface area contributed by atoms with Crippen LogP contribution in [0, 0.1) is 11.8 Å². The zero-order chi connectivity index (χ0) is 30.7. The van der Waals surface area contributed by atoms with E-state index in [9.17, 15) is 0 Å². The smallest absolute Gasteiger partial charge is 0.119 e. The van der Waals surface area contributed by atoms with Gasteiger partial charge in [-0.1, -0.05) is 48.1 Å². The molecule has 8 rings (SSSR count). The minimum atomic E-state index is 0.0801. The van der Waals surface area contributed by atoms with E-state index in [0.29, 0.717) is 26.4 Å². The lowest BCUT2D eigenvalue weighted by Crippen LogP contribution is -2.27. The van der Waals surface area contributed by atoms with Crippen LogP contribution in [0.3, 0.4) is 0 Å². The zero-order valence-electron chi connectivity index (χ0n) is 26.3. The van der Waals surface area contributed by atoms with Crippen molar-refractivity contribution in [2.45, 2.75) is 62.1 Å². The maximum atomic E-state index is 6.15. The molecule has 1 aromatic carbocycles. The van der Waals surface area contributed by atoms with Crippen molar-refractivity contribution in [2.75, 3.05) is 52.9 Å². The Bertz CT molecular complexity index is 1400. The van der Waals surface area contributed by atoms with Crippen LogP contribution in [0.1, 0.15) is 37.2 Å². The van der Waals surface area contributed by atoms with Crippen molar-refractivity contribution in [3.63, 3.8) is 0 Å². The van der Waals surface area contributed by atoms with E-state index in [1.165, 1.54) is 16.7 Å². The van der Waals surface area contributed by atoms with Gasteiger partial charge in [-0.2, -0.15) is 0 Å². The van der Waals surface area contributed by atoms with Crippen molar-refractivity contribution in [1.82, 2.24) is 0 Å². The molecule has 8 heteroatoms. The molecule has 0 spiro atoms. The van der Waals surface area contributed by atoms with E-state index in [0.717, 1.165) is 69.4 Å². The van der Waals surface area contributed by atoms with Gasteiger partial charge in [0.25, 0.3) is 0 Å². The summed E-state index contributed by atoms with van der Waals surface area (Å²) in [6.07, 6.45) is 22.9. The second kappa shape index (κ2) is 13.9. The summed E-state index contributed by atoms with van der Waals surface area (Å²) in [4.78, 5) is 0. The van der Waals surface area contributed by atoms with E-state index < -0.39 is 0 Å². The summed E-state index contributed by atoms with van der Waals surface area (Å²) in [7, 11) is 0. The fraction of sp³-hybridized carbons (Fsp3) is 0.526. The van der Waals surface area contributed by atoms with Crippen LogP contribution in [0.25, 0.3) is 0 Å². The van der Waals surface area contributed by atoms with Gasteiger partial charge in [0.05, 0.1) is 44.9 Å². The number of hydrogen-bond donors (Lipinski definition) is 0. The third kappa shape index (κ3) is 8.22.